The molecular formula is C52H39Cl2F3N4O7. The molecule has 2 N–H and O–H groups in total. The molecule has 2 aliphatic carbocycles. The predicted octanol–water partition coefficient (Wildman–Crippen LogP) is 10.6. The van der Waals surface area contributed by atoms with Crippen LogP contribution < -0.4 is 19.8 Å². The predicted molar refractivity (Wildman–Crippen MR) is 250 cm³/mol. The molecule has 6 atom stereocenters. The molecule has 16 heteroatoms. The van der Waals surface area contributed by atoms with E-state index in [0.717, 1.165) is 16.1 Å². The number of benzene rings is 5. The summed E-state index contributed by atoms with van der Waals surface area (Å²) in [6.45, 7) is 0. The van der Waals surface area contributed by atoms with E-state index >= 15 is 14.4 Å². The van der Waals surface area contributed by atoms with Crippen molar-refractivity contribution in [3.05, 3.63) is 165 Å². The number of anilines is 2. The molecule has 4 amide bonds. The Kier molecular flexibility index (Phi) is 11.1. The van der Waals surface area contributed by atoms with Crippen molar-refractivity contribution in [1.29, 1.82) is 0 Å². The summed E-state index contributed by atoms with van der Waals surface area (Å²) >= 11 is 12.8. The van der Waals surface area contributed by atoms with Crippen molar-refractivity contribution in [2.45, 2.75) is 30.4 Å². The maximum atomic E-state index is 15.7. The first-order valence-electron chi connectivity index (χ1n) is 21.6. The lowest BCUT2D eigenvalue weighted by atomic mass is 9.48. The Bertz CT molecular complexity index is 3140. The average molecular weight is 960 g/mol. The fourth-order valence-corrected chi connectivity index (χ4v) is 11.2. The SMILES string of the molecule is COc1ccc(OC)c(C=Cc2ccc(N3C(=O)C4CC=C5C(CC6C(=O)N(Nc7ncc(C(F)(F)F)cc7Cl)C(=O)C6(c6ccc(Cl)cc6)C5c5c(O)ccc6ccccc56)C4C3=O)cc2)c1. The van der Waals surface area contributed by atoms with Crippen LogP contribution in [0, 0.1) is 23.7 Å². The molecular weight excluding hydrogens is 920 g/mol. The Balaban J connectivity index is 1.08. The molecule has 5 aromatic carbocycles. The Morgan fingerprint density at radius 1 is 0.838 bits per heavy atom. The molecule has 6 aromatic rings. The van der Waals surface area contributed by atoms with E-state index in [9.17, 15) is 23.1 Å². The van der Waals surface area contributed by atoms with Gasteiger partial charge in [0, 0.05) is 28.3 Å². The molecule has 344 valence electrons. The lowest BCUT2D eigenvalue weighted by Gasteiger charge is -2.51. The molecule has 0 spiro atoms. The summed E-state index contributed by atoms with van der Waals surface area (Å²) in [5.41, 5.74) is 2.81. The molecule has 2 saturated heterocycles. The highest BCUT2D eigenvalue weighted by Crippen LogP contribution is 2.65. The summed E-state index contributed by atoms with van der Waals surface area (Å²) in [5, 5.41) is 13.9. The van der Waals surface area contributed by atoms with Gasteiger partial charge in [0.1, 0.15) is 17.2 Å². The Hall–Kier alpha value is -7.16. The second-order valence-corrected chi connectivity index (χ2v) is 18.0. The van der Waals surface area contributed by atoms with Crippen LogP contribution in [0.15, 0.2) is 127 Å². The highest BCUT2D eigenvalue weighted by atomic mass is 35.5. The summed E-state index contributed by atoms with van der Waals surface area (Å²) in [6, 6.07) is 29.9. The number of phenols is 1. The topological polar surface area (TPSA) is 138 Å². The van der Waals surface area contributed by atoms with Crippen molar-refractivity contribution < 1.29 is 46.9 Å². The zero-order chi connectivity index (χ0) is 47.8. The largest absolute Gasteiger partial charge is 0.508 e. The van der Waals surface area contributed by atoms with E-state index in [1.165, 1.54) is 11.0 Å². The molecule has 3 heterocycles. The lowest BCUT2D eigenvalue weighted by Crippen LogP contribution is -2.53. The number of aromatic nitrogens is 1. The first-order chi connectivity index (χ1) is 32.6. The molecule has 11 nitrogen and oxygen atoms in total. The smallest absolute Gasteiger partial charge is 0.417 e. The Morgan fingerprint density at radius 2 is 1.59 bits per heavy atom. The van der Waals surface area contributed by atoms with E-state index < -0.39 is 75.4 Å². The van der Waals surface area contributed by atoms with Crippen molar-refractivity contribution in [1.82, 2.24) is 9.99 Å². The van der Waals surface area contributed by atoms with Crippen LogP contribution in [-0.2, 0) is 30.8 Å². The zero-order valence-corrected chi connectivity index (χ0v) is 37.6. The van der Waals surface area contributed by atoms with E-state index in [1.807, 2.05) is 36.4 Å². The summed E-state index contributed by atoms with van der Waals surface area (Å²) < 4.78 is 51.9. The number of hydrazine groups is 1. The van der Waals surface area contributed by atoms with E-state index in [0.29, 0.717) is 61.9 Å². The van der Waals surface area contributed by atoms with Gasteiger partial charge in [0.15, 0.2) is 5.82 Å². The van der Waals surface area contributed by atoms with Gasteiger partial charge in [0.2, 0.25) is 11.8 Å². The number of fused-ring (bicyclic) bond motifs is 5. The molecule has 0 bridgehead atoms. The minimum Gasteiger partial charge on any atom is -0.508 e. The molecule has 10 rings (SSSR count). The minimum atomic E-state index is -4.78. The standard InChI is InChI=1S/C52H39Cl2F3N4O7/c1-67-34-18-22-42(68-2)29(23-34)10-7-27-8-16-33(17-9-27)60-47(63)37-20-19-36-38(43(37)49(60)65)25-39-48(64)61(59-46-40(54)24-31(26-58-46)52(55,56)57)50(66)51(39,30-12-14-32(53)15-13-30)45(36)44-35-6-4-3-5-28(35)11-21-41(44)62/h3-19,21-24,26,37-39,43,45,62H,20,25H2,1-2H3,(H,58,59). The monoisotopic (exact) mass is 958 g/mol. The van der Waals surface area contributed by atoms with Crippen molar-refractivity contribution in [2.75, 3.05) is 24.5 Å². The van der Waals surface area contributed by atoms with Gasteiger partial charge in [-0.15, -0.1) is 0 Å². The third-order valence-corrected chi connectivity index (χ3v) is 14.4. The first-order valence-corrected chi connectivity index (χ1v) is 22.3. The van der Waals surface area contributed by atoms with Gasteiger partial charge in [-0.1, -0.05) is 102 Å². The number of hydrogen-bond donors (Lipinski definition) is 2. The van der Waals surface area contributed by atoms with Crippen LogP contribution in [0.1, 0.15) is 46.6 Å². The molecule has 2 aliphatic heterocycles. The van der Waals surface area contributed by atoms with Crippen LogP contribution in [0.2, 0.25) is 10.0 Å². The normalized spacial score (nSPS) is 23.5. The average Bonchev–Trinajstić information content (AvgIpc) is 3.71. The summed E-state index contributed by atoms with van der Waals surface area (Å²) in [7, 11) is 3.15. The number of aromatic hydroxyl groups is 1. The number of pyridine rings is 1. The number of alkyl halides is 3. The number of phenolic OH excluding ortho intramolecular Hbond substituents is 1. The summed E-state index contributed by atoms with van der Waals surface area (Å²) in [5.74, 6) is -6.76. The zero-order valence-electron chi connectivity index (χ0n) is 36.1. The molecule has 1 saturated carbocycles. The number of amides is 4. The van der Waals surface area contributed by atoms with E-state index in [4.69, 9.17) is 32.7 Å². The third-order valence-electron chi connectivity index (χ3n) is 13.8. The number of nitrogens with one attached hydrogen (secondary N) is 1. The van der Waals surface area contributed by atoms with Crippen molar-refractivity contribution in [3.8, 4) is 17.2 Å². The van der Waals surface area contributed by atoms with Crippen molar-refractivity contribution in [2.24, 2.45) is 23.7 Å². The quantitative estimate of drug-likeness (QED) is 0.0824. The third kappa shape index (κ3) is 7.07. The van der Waals surface area contributed by atoms with Crippen LogP contribution >= 0.6 is 23.2 Å². The molecule has 0 radical (unpaired) electrons. The fourth-order valence-electron chi connectivity index (χ4n) is 10.8. The van der Waals surface area contributed by atoms with Gasteiger partial charge in [-0.25, -0.2) is 4.98 Å². The number of carbonyl (C=O) groups is 4. The number of carbonyl (C=O) groups excluding carboxylic acids is 4. The lowest BCUT2D eigenvalue weighted by molar-refractivity contribution is -0.139. The van der Waals surface area contributed by atoms with Crippen molar-refractivity contribution >= 4 is 81.3 Å². The maximum absolute atomic E-state index is 15.7. The van der Waals surface area contributed by atoms with Crippen LogP contribution in [0.4, 0.5) is 24.7 Å². The first kappa shape index (κ1) is 44.7. The van der Waals surface area contributed by atoms with Gasteiger partial charge in [-0.05, 0) is 95.3 Å². The van der Waals surface area contributed by atoms with Gasteiger partial charge in [0.25, 0.3) is 11.8 Å². The van der Waals surface area contributed by atoms with Gasteiger partial charge in [-0.3, -0.25) is 29.5 Å². The second kappa shape index (κ2) is 16.9. The number of halogens is 5. The van der Waals surface area contributed by atoms with Crippen LogP contribution in [0.3, 0.4) is 0 Å². The number of nitrogens with zero attached hydrogens (tertiary/aromatic N) is 3. The number of hydrogen-bond acceptors (Lipinski definition) is 9. The number of rotatable bonds is 9. The van der Waals surface area contributed by atoms with E-state index in [1.54, 1.807) is 93.1 Å². The number of imide groups is 2. The molecule has 3 fully saturated rings. The molecule has 6 unspecified atom stereocenters. The summed E-state index contributed by atoms with van der Waals surface area (Å²) in [4.78, 5) is 65.5. The van der Waals surface area contributed by atoms with Crippen LogP contribution in [0.5, 0.6) is 17.2 Å². The highest BCUT2D eigenvalue weighted by molar-refractivity contribution is 6.33. The highest BCUT2D eigenvalue weighted by Gasteiger charge is 2.71. The van der Waals surface area contributed by atoms with E-state index in [-0.39, 0.29) is 24.4 Å². The molecule has 4 aliphatic rings. The van der Waals surface area contributed by atoms with Gasteiger partial charge in [-0.2, -0.15) is 18.2 Å². The Morgan fingerprint density at radius 3 is 2.29 bits per heavy atom. The second-order valence-electron chi connectivity index (χ2n) is 17.2. The van der Waals surface area contributed by atoms with Gasteiger partial charge >= 0.3 is 6.18 Å². The molecule has 68 heavy (non-hydrogen) atoms. The van der Waals surface area contributed by atoms with Gasteiger partial charge < -0.3 is 14.6 Å². The number of methoxy groups -OCH3 is 2. The fraction of sp³-hybridized carbons (Fsp3) is 0.212. The molecule has 1 aromatic heterocycles. The minimum absolute atomic E-state index is 0.0983. The maximum Gasteiger partial charge on any atom is 0.417 e. The van der Waals surface area contributed by atoms with Crippen molar-refractivity contribution in [3.63, 3.8) is 0 Å². The number of ether oxygens (including phenoxy) is 2. The van der Waals surface area contributed by atoms with Crippen LogP contribution in [0.25, 0.3) is 22.9 Å². The number of allylic oxidation sites excluding steroid dienone is 2. The van der Waals surface area contributed by atoms with E-state index in [2.05, 4.69) is 10.4 Å². The van der Waals surface area contributed by atoms with Crippen LogP contribution in [-0.4, -0.2) is 52.9 Å². The summed E-state index contributed by atoms with van der Waals surface area (Å²) in [6.07, 6.45) is 1.36. The van der Waals surface area contributed by atoms with Gasteiger partial charge in [0.05, 0.1) is 53.7 Å². The Labute approximate surface area is 397 Å².